The molecule has 6 nitrogen and oxygen atoms in total. The fraction of sp³-hybridized carbons (Fsp3) is 0.200. The molecule has 7 heteroatoms. The molecule has 5 rings (SSSR count). The number of fused-ring (bicyclic) bond motifs is 1. The number of carbonyl (C=O) groups is 2. The van der Waals surface area contributed by atoms with Crippen LogP contribution in [-0.2, 0) is 11.2 Å². The zero-order valence-corrected chi connectivity index (χ0v) is 18.1. The van der Waals surface area contributed by atoms with Crippen molar-refractivity contribution in [2.45, 2.75) is 11.8 Å². The molecule has 0 spiro atoms. The van der Waals surface area contributed by atoms with Gasteiger partial charge >= 0.3 is 0 Å². The molecular weight excluding hydrogens is 424 g/mol. The molecule has 0 saturated carbocycles. The van der Waals surface area contributed by atoms with Crippen LogP contribution in [0.25, 0.3) is 0 Å². The van der Waals surface area contributed by atoms with E-state index in [-0.39, 0.29) is 24.0 Å². The Hall–Kier alpha value is -3.45. The van der Waals surface area contributed by atoms with Crippen LogP contribution in [0.3, 0.4) is 0 Å². The highest BCUT2D eigenvalue weighted by Crippen LogP contribution is 2.39. The van der Waals surface area contributed by atoms with Crippen molar-refractivity contribution in [1.82, 2.24) is 4.90 Å². The van der Waals surface area contributed by atoms with Gasteiger partial charge in [0.15, 0.2) is 11.5 Å². The number of ether oxygens (including phenoxy) is 2. The standard InChI is InChI=1S/C25H22N2O4S/c28-23-15-32-25(27(23)13-12-17-4-2-1-3-5-17)19-8-6-18(7-9-19)24(29)26-20-10-11-21-22(14-20)31-16-30-21/h1-11,14,25H,12-13,15-16H2,(H,26,29)/t25-/m1/s1. The molecule has 2 aliphatic rings. The average molecular weight is 447 g/mol. The number of anilines is 1. The van der Waals surface area contributed by atoms with Gasteiger partial charge in [0.25, 0.3) is 5.91 Å². The molecule has 1 N–H and O–H groups in total. The summed E-state index contributed by atoms with van der Waals surface area (Å²) < 4.78 is 10.7. The van der Waals surface area contributed by atoms with Gasteiger partial charge in [-0.3, -0.25) is 9.59 Å². The lowest BCUT2D eigenvalue weighted by Gasteiger charge is -2.24. The Morgan fingerprint density at radius 1 is 1.00 bits per heavy atom. The van der Waals surface area contributed by atoms with Crippen molar-refractivity contribution in [2.24, 2.45) is 0 Å². The maximum Gasteiger partial charge on any atom is 0.255 e. The molecule has 0 bridgehead atoms. The third-order valence-corrected chi connectivity index (χ3v) is 6.80. The van der Waals surface area contributed by atoms with E-state index in [1.165, 1.54) is 5.56 Å². The van der Waals surface area contributed by atoms with Gasteiger partial charge in [-0.15, -0.1) is 11.8 Å². The van der Waals surface area contributed by atoms with Crippen LogP contribution < -0.4 is 14.8 Å². The third-order valence-electron chi connectivity index (χ3n) is 5.54. The molecule has 0 aliphatic carbocycles. The highest BCUT2D eigenvalue weighted by Gasteiger charge is 2.32. The number of benzene rings is 3. The van der Waals surface area contributed by atoms with Gasteiger partial charge in [-0.1, -0.05) is 42.5 Å². The third kappa shape index (κ3) is 4.29. The summed E-state index contributed by atoms with van der Waals surface area (Å²) in [5.74, 6) is 1.72. The summed E-state index contributed by atoms with van der Waals surface area (Å²) >= 11 is 1.63. The van der Waals surface area contributed by atoms with E-state index in [9.17, 15) is 9.59 Å². The Morgan fingerprint density at radius 3 is 2.59 bits per heavy atom. The first-order chi connectivity index (χ1) is 15.7. The molecule has 1 fully saturated rings. The molecule has 32 heavy (non-hydrogen) atoms. The number of nitrogens with zero attached hydrogens (tertiary/aromatic N) is 1. The molecular formula is C25H22N2O4S. The lowest BCUT2D eigenvalue weighted by molar-refractivity contribution is -0.128. The van der Waals surface area contributed by atoms with Gasteiger partial charge in [0, 0.05) is 23.9 Å². The average Bonchev–Trinajstić information content (AvgIpc) is 3.44. The van der Waals surface area contributed by atoms with Crippen molar-refractivity contribution in [1.29, 1.82) is 0 Å². The molecule has 162 valence electrons. The lowest BCUT2D eigenvalue weighted by atomic mass is 10.1. The fourth-order valence-corrected chi connectivity index (χ4v) is 5.06. The maximum absolute atomic E-state index is 12.7. The molecule has 3 aromatic rings. The second kappa shape index (κ2) is 8.96. The zero-order valence-electron chi connectivity index (χ0n) is 17.3. The lowest BCUT2D eigenvalue weighted by Crippen LogP contribution is -2.30. The number of amides is 2. The van der Waals surface area contributed by atoms with Gasteiger partial charge in [0.1, 0.15) is 5.37 Å². The van der Waals surface area contributed by atoms with Crippen molar-refractivity contribution in [3.8, 4) is 11.5 Å². The zero-order chi connectivity index (χ0) is 21.9. The molecule has 1 saturated heterocycles. The van der Waals surface area contributed by atoms with Gasteiger partial charge in [0.2, 0.25) is 12.7 Å². The van der Waals surface area contributed by atoms with Crippen LogP contribution in [0.4, 0.5) is 5.69 Å². The highest BCUT2D eigenvalue weighted by atomic mass is 32.2. The smallest absolute Gasteiger partial charge is 0.255 e. The first-order valence-electron chi connectivity index (χ1n) is 10.4. The van der Waals surface area contributed by atoms with Crippen molar-refractivity contribution in [3.05, 3.63) is 89.5 Å². The van der Waals surface area contributed by atoms with Gasteiger partial charge < -0.3 is 19.7 Å². The quantitative estimate of drug-likeness (QED) is 0.605. The topological polar surface area (TPSA) is 67.9 Å². The minimum atomic E-state index is -0.202. The Labute approximate surface area is 190 Å². The van der Waals surface area contributed by atoms with Gasteiger partial charge in [-0.25, -0.2) is 0 Å². The van der Waals surface area contributed by atoms with E-state index < -0.39 is 0 Å². The molecule has 0 radical (unpaired) electrons. The molecule has 2 amide bonds. The first kappa shape index (κ1) is 20.5. The maximum atomic E-state index is 12.7. The van der Waals surface area contributed by atoms with Gasteiger partial charge in [0.05, 0.1) is 5.75 Å². The number of carbonyl (C=O) groups excluding carboxylic acids is 2. The van der Waals surface area contributed by atoms with E-state index in [4.69, 9.17) is 9.47 Å². The van der Waals surface area contributed by atoms with Crippen LogP contribution in [0.5, 0.6) is 11.5 Å². The predicted molar refractivity (Wildman–Crippen MR) is 124 cm³/mol. The number of hydrogen-bond donors (Lipinski definition) is 1. The summed E-state index contributed by atoms with van der Waals surface area (Å²) in [5.41, 5.74) is 3.43. The summed E-state index contributed by atoms with van der Waals surface area (Å²) in [5, 5.41) is 2.86. The van der Waals surface area contributed by atoms with Crippen LogP contribution >= 0.6 is 11.8 Å². The summed E-state index contributed by atoms with van der Waals surface area (Å²) in [6, 6.07) is 23.0. The molecule has 0 aromatic heterocycles. The highest BCUT2D eigenvalue weighted by molar-refractivity contribution is 8.00. The molecule has 3 aromatic carbocycles. The largest absolute Gasteiger partial charge is 0.454 e. The SMILES string of the molecule is O=C(Nc1ccc2c(c1)OCO2)c1ccc([C@H]2SCC(=O)N2CCc2ccccc2)cc1. The second-order valence-corrected chi connectivity index (χ2v) is 8.70. The minimum absolute atomic E-state index is 0.0304. The summed E-state index contributed by atoms with van der Waals surface area (Å²) in [4.78, 5) is 27.1. The Morgan fingerprint density at radius 2 is 1.78 bits per heavy atom. The molecule has 0 unspecified atom stereocenters. The summed E-state index contributed by atoms with van der Waals surface area (Å²) in [6.45, 7) is 0.866. The number of thioether (sulfide) groups is 1. The van der Waals surface area contributed by atoms with Crippen LogP contribution in [0.2, 0.25) is 0 Å². The molecule has 2 heterocycles. The Kier molecular flexibility index (Phi) is 5.73. The molecule has 2 aliphatic heterocycles. The normalized spacial score (nSPS) is 16.9. The van der Waals surface area contributed by atoms with E-state index >= 15 is 0 Å². The van der Waals surface area contributed by atoms with Crippen LogP contribution in [-0.4, -0.2) is 35.8 Å². The predicted octanol–water partition coefficient (Wildman–Crippen LogP) is 4.48. The van der Waals surface area contributed by atoms with Crippen LogP contribution in [0.1, 0.15) is 26.9 Å². The van der Waals surface area contributed by atoms with E-state index in [2.05, 4.69) is 17.4 Å². The van der Waals surface area contributed by atoms with E-state index in [1.807, 2.05) is 35.2 Å². The Bertz CT molecular complexity index is 1130. The van der Waals surface area contributed by atoms with Gasteiger partial charge in [-0.05, 0) is 41.8 Å². The molecule has 1 atom stereocenters. The van der Waals surface area contributed by atoms with Crippen molar-refractivity contribution in [2.75, 3.05) is 24.4 Å². The fourth-order valence-electron chi connectivity index (χ4n) is 3.84. The number of nitrogens with one attached hydrogen (secondary N) is 1. The minimum Gasteiger partial charge on any atom is -0.454 e. The van der Waals surface area contributed by atoms with Crippen LogP contribution in [0.15, 0.2) is 72.8 Å². The van der Waals surface area contributed by atoms with E-state index in [0.29, 0.717) is 35.0 Å². The van der Waals surface area contributed by atoms with Crippen molar-refractivity contribution in [3.63, 3.8) is 0 Å². The van der Waals surface area contributed by atoms with Crippen molar-refractivity contribution >= 4 is 29.3 Å². The van der Waals surface area contributed by atoms with Crippen LogP contribution in [0, 0.1) is 0 Å². The Balaban J connectivity index is 1.25. The number of hydrogen-bond acceptors (Lipinski definition) is 5. The summed E-state index contributed by atoms with van der Waals surface area (Å²) in [7, 11) is 0. The van der Waals surface area contributed by atoms with E-state index in [1.54, 1.807) is 42.1 Å². The second-order valence-electron chi connectivity index (χ2n) is 7.63. The summed E-state index contributed by atoms with van der Waals surface area (Å²) in [6.07, 6.45) is 0.819. The monoisotopic (exact) mass is 446 g/mol. The first-order valence-corrected chi connectivity index (χ1v) is 11.5. The van der Waals surface area contributed by atoms with E-state index in [0.717, 1.165) is 12.0 Å². The van der Waals surface area contributed by atoms with Crippen molar-refractivity contribution < 1.29 is 19.1 Å². The van der Waals surface area contributed by atoms with Gasteiger partial charge in [-0.2, -0.15) is 0 Å². The number of rotatable bonds is 6.